The molecule has 0 aliphatic rings. The Morgan fingerprint density at radius 3 is 2.62 bits per heavy atom. The molecule has 0 bridgehead atoms. The molecule has 3 aromatic rings. The highest BCUT2D eigenvalue weighted by molar-refractivity contribution is 7.89. The van der Waals surface area contributed by atoms with Gasteiger partial charge in [0.25, 0.3) is 0 Å². The molecule has 0 saturated carbocycles. The Labute approximate surface area is 151 Å². The van der Waals surface area contributed by atoms with Gasteiger partial charge in [0.05, 0.1) is 10.9 Å². The SMILES string of the molecule is N=C(N)NCC(NS(=O)(=O)c1cccc2cnccc12)c1ccccc1. The number of aromatic nitrogens is 1. The first kappa shape index (κ1) is 17.8. The Balaban J connectivity index is 1.97. The van der Waals surface area contributed by atoms with Crippen LogP contribution in [-0.2, 0) is 10.0 Å². The number of hydrogen-bond donors (Lipinski definition) is 4. The molecule has 3 rings (SSSR count). The first-order valence-corrected chi connectivity index (χ1v) is 9.43. The van der Waals surface area contributed by atoms with E-state index in [1.165, 1.54) is 0 Å². The molecule has 1 aromatic heterocycles. The predicted octanol–water partition coefficient (Wildman–Crippen LogP) is 1.74. The maximum atomic E-state index is 13.0. The molecule has 8 heteroatoms. The van der Waals surface area contributed by atoms with Crippen LogP contribution in [0.5, 0.6) is 0 Å². The van der Waals surface area contributed by atoms with Crippen LogP contribution in [0.25, 0.3) is 10.8 Å². The van der Waals surface area contributed by atoms with Gasteiger partial charge in [-0.2, -0.15) is 0 Å². The van der Waals surface area contributed by atoms with E-state index < -0.39 is 16.1 Å². The van der Waals surface area contributed by atoms with Crippen molar-refractivity contribution in [1.29, 1.82) is 5.41 Å². The molecular formula is C18H19N5O2S. The van der Waals surface area contributed by atoms with Crippen LogP contribution in [0.2, 0.25) is 0 Å². The minimum absolute atomic E-state index is 0.158. The lowest BCUT2D eigenvalue weighted by Gasteiger charge is -2.20. The number of guanidine groups is 1. The molecule has 2 aromatic carbocycles. The van der Waals surface area contributed by atoms with Crippen LogP contribution in [0.15, 0.2) is 71.9 Å². The van der Waals surface area contributed by atoms with Crippen LogP contribution in [0.3, 0.4) is 0 Å². The lowest BCUT2D eigenvalue weighted by molar-refractivity contribution is 0.551. The van der Waals surface area contributed by atoms with Gasteiger partial charge in [0.2, 0.25) is 10.0 Å². The minimum Gasteiger partial charge on any atom is -0.370 e. The van der Waals surface area contributed by atoms with Crippen molar-refractivity contribution in [2.24, 2.45) is 5.73 Å². The number of nitrogens with zero attached hydrogens (tertiary/aromatic N) is 1. The van der Waals surface area contributed by atoms with Crippen molar-refractivity contribution in [1.82, 2.24) is 15.0 Å². The van der Waals surface area contributed by atoms with Gasteiger partial charge in [-0.3, -0.25) is 10.4 Å². The number of nitrogens with one attached hydrogen (secondary N) is 3. The zero-order chi connectivity index (χ0) is 18.6. The molecule has 0 radical (unpaired) electrons. The number of nitrogens with two attached hydrogens (primary N) is 1. The number of benzene rings is 2. The van der Waals surface area contributed by atoms with E-state index >= 15 is 0 Å². The highest BCUT2D eigenvalue weighted by Crippen LogP contribution is 2.24. The maximum Gasteiger partial charge on any atom is 0.241 e. The van der Waals surface area contributed by atoms with E-state index in [-0.39, 0.29) is 17.4 Å². The van der Waals surface area contributed by atoms with Crippen LogP contribution < -0.4 is 15.8 Å². The molecule has 0 amide bonds. The first-order valence-electron chi connectivity index (χ1n) is 7.95. The molecule has 0 saturated heterocycles. The summed E-state index contributed by atoms with van der Waals surface area (Å²) in [7, 11) is -3.81. The molecule has 0 fully saturated rings. The number of sulfonamides is 1. The molecule has 1 atom stereocenters. The van der Waals surface area contributed by atoms with E-state index in [0.29, 0.717) is 5.39 Å². The zero-order valence-electron chi connectivity index (χ0n) is 13.9. The Morgan fingerprint density at radius 1 is 1.12 bits per heavy atom. The lowest BCUT2D eigenvalue weighted by Crippen LogP contribution is -2.40. The third-order valence-corrected chi connectivity index (χ3v) is 5.46. The van der Waals surface area contributed by atoms with Gasteiger partial charge in [0.1, 0.15) is 0 Å². The van der Waals surface area contributed by atoms with E-state index in [1.807, 2.05) is 36.4 Å². The summed E-state index contributed by atoms with van der Waals surface area (Å²) in [5.74, 6) is -0.221. The highest BCUT2D eigenvalue weighted by Gasteiger charge is 2.23. The van der Waals surface area contributed by atoms with Crippen LogP contribution in [0.4, 0.5) is 0 Å². The number of rotatable bonds is 6. The smallest absolute Gasteiger partial charge is 0.241 e. The highest BCUT2D eigenvalue weighted by atomic mass is 32.2. The molecule has 26 heavy (non-hydrogen) atoms. The summed E-state index contributed by atoms with van der Waals surface area (Å²) in [6, 6.07) is 15.3. The molecule has 1 unspecified atom stereocenters. The number of hydrogen-bond acceptors (Lipinski definition) is 4. The van der Waals surface area contributed by atoms with E-state index in [1.54, 1.807) is 30.6 Å². The Hall–Kier alpha value is -2.97. The van der Waals surface area contributed by atoms with Crippen LogP contribution in [0.1, 0.15) is 11.6 Å². The molecule has 7 nitrogen and oxygen atoms in total. The fraction of sp³-hybridized carbons (Fsp3) is 0.111. The maximum absolute atomic E-state index is 13.0. The van der Waals surface area contributed by atoms with E-state index in [0.717, 1.165) is 10.9 Å². The average molecular weight is 369 g/mol. The Morgan fingerprint density at radius 2 is 1.88 bits per heavy atom. The van der Waals surface area contributed by atoms with Gasteiger partial charge in [-0.15, -0.1) is 0 Å². The topological polar surface area (TPSA) is 121 Å². The molecule has 0 aliphatic carbocycles. The summed E-state index contributed by atoms with van der Waals surface area (Å²) < 4.78 is 28.8. The quantitative estimate of drug-likeness (QED) is 0.389. The number of fused-ring (bicyclic) bond motifs is 1. The third-order valence-electron chi connectivity index (χ3n) is 3.93. The summed E-state index contributed by atoms with van der Waals surface area (Å²) in [4.78, 5) is 4.21. The largest absolute Gasteiger partial charge is 0.370 e. The van der Waals surface area contributed by atoms with Crippen molar-refractivity contribution in [2.45, 2.75) is 10.9 Å². The van der Waals surface area contributed by atoms with Gasteiger partial charge >= 0.3 is 0 Å². The third kappa shape index (κ3) is 3.98. The van der Waals surface area contributed by atoms with Crippen LogP contribution in [0, 0.1) is 5.41 Å². The van der Waals surface area contributed by atoms with Gasteiger partial charge < -0.3 is 11.1 Å². The van der Waals surface area contributed by atoms with E-state index in [9.17, 15) is 8.42 Å². The molecular weight excluding hydrogens is 350 g/mol. The molecule has 134 valence electrons. The van der Waals surface area contributed by atoms with Crippen molar-refractivity contribution < 1.29 is 8.42 Å². The van der Waals surface area contributed by atoms with Gasteiger partial charge in [-0.05, 0) is 17.7 Å². The average Bonchev–Trinajstić information content (AvgIpc) is 2.65. The lowest BCUT2D eigenvalue weighted by atomic mass is 10.1. The fourth-order valence-corrected chi connectivity index (χ4v) is 4.16. The zero-order valence-corrected chi connectivity index (χ0v) is 14.7. The van der Waals surface area contributed by atoms with Crippen LogP contribution in [-0.4, -0.2) is 25.9 Å². The fourth-order valence-electron chi connectivity index (χ4n) is 2.70. The van der Waals surface area contributed by atoms with Crippen molar-refractivity contribution in [3.8, 4) is 0 Å². The summed E-state index contributed by atoms with van der Waals surface area (Å²) in [6.45, 7) is 0.158. The predicted molar refractivity (Wildman–Crippen MR) is 101 cm³/mol. The molecule has 1 heterocycles. The summed E-state index contributed by atoms with van der Waals surface area (Å²) in [5, 5.41) is 11.4. The molecule has 0 spiro atoms. The molecule has 0 aliphatic heterocycles. The normalized spacial score (nSPS) is 12.6. The van der Waals surface area contributed by atoms with E-state index in [2.05, 4.69) is 15.0 Å². The second-order valence-corrected chi connectivity index (χ2v) is 7.41. The van der Waals surface area contributed by atoms with Gasteiger partial charge in [0, 0.05) is 29.7 Å². The van der Waals surface area contributed by atoms with Crippen molar-refractivity contribution >= 4 is 26.8 Å². The van der Waals surface area contributed by atoms with Crippen molar-refractivity contribution in [3.63, 3.8) is 0 Å². The standard InChI is InChI=1S/C18H19N5O2S/c19-18(20)22-12-16(13-5-2-1-3-6-13)23-26(24,25)17-8-4-7-14-11-21-10-9-15(14)17/h1-11,16,23H,12H2,(H4,19,20,22). The Bertz CT molecular complexity index is 1020. The first-order chi connectivity index (χ1) is 12.5. The number of pyridine rings is 1. The van der Waals surface area contributed by atoms with Gasteiger partial charge in [0.15, 0.2) is 5.96 Å². The summed E-state index contributed by atoms with van der Waals surface area (Å²) >= 11 is 0. The monoisotopic (exact) mass is 369 g/mol. The molecule has 5 N–H and O–H groups in total. The summed E-state index contributed by atoms with van der Waals surface area (Å²) in [6.07, 6.45) is 3.19. The van der Waals surface area contributed by atoms with Gasteiger partial charge in [-0.25, -0.2) is 13.1 Å². The van der Waals surface area contributed by atoms with Crippen LogP contribution >= 0.6 is 0 Å². The summed E-state index contributed by atoms with van der Waals surface area (Å²) in [5.41, 5.74) is 6.13. The minimum atomic E-state index is -3.81. The second kappa shape index (κ2) is 7.51. The van der Waals surface area contributed by atoms with E-state index in [4.69, 9.17) is 11.1 Å². The van der Waals surface area contributed by atoms with Crippen molar-refractivity contribution in [2.75, 3.05) is 6.54 Å². The second-order valence-electron chi connectivity index (χ2n) is 5.73. The van der Waals surface area contributed by atoms with Crippen molar-refractivity contribution in [3.05, 3.63) is 72.6 Å². The Kier molecular flexibility index (Phi) is 5.15. The van der Waals surface area contributed by atoms with Gasteiger partial charge in [-0.1, -0.05) is 42.5 Å².